The third kappa shape index (κ3) is 4.69. The number of pyridine rings is 2. The van der Waals surface area contributed by atoms with Gasteiger partial charge in [0.25, 0.3) is 0 Å². The van der Waals surface area contributed by atoms with Gasteiger partial charge in [-0.2, -0.15) is 0 Å². The maximum atomic E-state index is 5.82. The largest absolute Gasteiger partial charge is 0.454 e. The van der Waals surface area contributed by atoms with Crippen molar-refractivity contribution in [2.45, 2.75) is 40.0 Å². The minimum atomic E-state index is 0.113. The summed E-state index contributed by atoms with van der Waals surface area (Å²) >= 11 is 0. The Morgan fingerprint density at radius 2 is 1.47 bits per heavy atom. The Hall–Kier alpha value is -4.12. The first-order chi connectivity index (χ1) is 17.3. The third-order valence-corrected chi connectivity index (χ3v) is 6.36. The van der Waals surface area contributed by atoms with E-state index in [1.165, 1.54) is 5.56 Å². The van der Waals surface area contributed by atoms with Crippen molar-refractivity contribution in [2.24, 2.45) is 0 Å². The molecule has 1 aliphatic rings. The van der Waals surface area contributed by atoms with E-state index in [-0.39, 0.29) is 5.41 Å². The highest BCUT2D eigenvalue weighted by molar-refractivity contribution is 5.86. The fourth-order valence-corrected chi connectivity index (χ4v) is 4.28. The molecule has 5 aromatic rings. The summed E-state index contributed by atoms with van der Waals surface area (Å²) in [5, 5.41) is 1.16. The van der Waals surface area contributed by atoms with Crippen molar-refractivity contribution < 1.29 is 13.9 Å². The van der Waals surface area contributed by atoms with Gasteiger partial charge >= 0.3 is 0 Å². The predicted molar refractivity (Wildman–Crippen MR) is 143 cm³/mol. The molecule has 0 saturated carbocycles. The summed E-state index contributed by atoms with van der Waals surface area (Å²) in [5.41, 5.74) is 7.56. The van der Waals surface area contributed by atoms with E-state index >= 15 is 0 Å². The molecule has 4 heterocycles. The van der Waals surface area contributed by atoms with Crippen molar-refractivity contribution in [1.29, 1.82) is 0 Å². The van der Waals surface area contributed by atoms with Gasteiger partial charge in [-0.3, -0.25) is 9.97 Å². The molecular formula is C31H30N2O3. The standard InChI is InChI=1S/C17H19NO2.C14H11NO/c1-11-7-15-16(20-10-19-15)9-13(11)14-8-12(5-6-18-14)17(2,3)4;1-10-11-6-2-3-8-13(11)16-14(10)12-7-4-5-9-15-12/h5-9H,10H2,1-4H3;2-9H,1H3. The van der Waals surface area contributed by atoms with Crippen LogP contribution in [0.4, 0.5) is 0 Å². The van der Waals surface area contributed by atoms with Crippen LogP contribution in [0.5, 0.6) is 11.5 Å². The average Bonchev–Trinajstić information content (AvgIpc) is 3.48. The molecule has 0 unspecified atom stereocenters. The molecule has 3 aromatic heterocycles. The van der Waals surface area contributed by atoms with Crippen LogP contribution in [0, 0.1) is 13.8 Å². The van der Waals surface area contributed by atoms with Crippen LogP contribution in [0.25, 0.3) is 33.7 Å². The topological polar surface area (TPSA) is 57.4 Å². The second kappa shape index (κ2) is 9.50. The van der Waals surface area contributed by atoms with Crippen LogP contribution < -0.4 is 9.47 Å². The van der Waals surface area contributed by atoms with Crippen molar-refractivity contribution in [3.63, 3.8) is 0 Å². The molecule has 0 radical (unpaired) electrons. The molecule has 182 valence electrons. The number of ether oxygens (including phenoxy) is 2. The van der Waals surface area contributed by atoms with Crippen LogP contribution in [0.15, 0.2) is 83.5 Å². The normalized spacial score (nSPS) is 12.4. The number of nitrogens with zero attached hydrogens (tertiary/aromatic N) is 2. The number of fused-ring (bicyclic) bond motifs is 2. The zero-order valence-electron chi connectivity index (χ0n) is 21.3. The number of aryl methyl sites for hydroxylation is 2. The Kier molecular flexibility index (Phi) is 6.23. The SMILES string of the molecule is Cc1c(-c2ccccn2)oc2ccccc12.Cc1cc2c(cc1-c1cc(C(C)(C)C)ccn1)OCO2. The van der Waals surface area contributed by atoms with Crippen LogP contribution in [0.1, 0.15) is 37.5 Å². The number of para-hydroxylation sites is 1. The van der Waals surface area contributed by atoms with Gasteiger partial charge in [0.2, 0.25) is 6.79 Å². The number of rotatable bonds is 2. The molecular weight excluding hydrogens is 448 g/mol. The van der Waals surface area contributed by atoms with Crippen LogP contribution in [0.3, 0.4) is 0 Å². The van der Waals surface area contributed by atoms with Gasteiger partial charge in [0.05, 0.1) is 5.69 Å². The number of aromatic nitrogens is 2. The van der Waals surface area contributed by atoms with E-state index in [0.717, 1.165) is 56.3 Å². The summed E-state index contributed by atoms with van der Waals surface area (Å²) in [7, 11) is 0. The minimum Gasteiger partial charge on any atom is -0.454 e. The maximum absolute atomic E-state index is 5.82. The molecule has 1 aliphatic heterocycles. The molecule has 0 aliphatic carbocycles. The van der Waals surface area contributed by atoms with Crippen molar-refractivity contribution in [2.75, 3.05) is 6.79 Å². The zero-order chi connectivity index (χ0) is 25.3. The lowest BCUT2D eigenvalue weighted by Crippen LogP contribution is -2.11. The second-order valence-corrected chi connectivity index (χ2v) is 9.97. The van der Waals surface area contributed by atoms with Crippen LogP contribution >= 0.6 is 0 Å². The predicted octanol–water partition coefficient (Wildman–Crippen LogP) is 7.89. The highest BCUT2D eigenvalue weighted by atomic mass is 16.7. The molecule has 0 amide bonds. The van der Waals surface area contributed by atoms with E-state index in [9.17, 15) is 0 Å². The van der Waals surface area contributed by atoms with Gasteiger partial charge in [0, 0.05) is 28.9 Å². The van der Waals surface area contributed by atoms with E-state index in [2.05, 4.69) is 62.8 Å². The molecule has 0 saturated heterocycles. The smallest absolute Gasteiger partial charge is 0.231 e. The first-order valence-electron chi connectivity index (χ1n) is 12.1. The van der Waals surface area contributed by atoms with E-state index in [1.807, 2.05) is 54.7 Å². The molecule has 5 nitrogen and oxygen atoms in total. The van der Waals surface area contributed by atoms with Crippen molar-refractivity contribution in [1.82, 2.24) is 9.97 Å². The monoisotopic (exact) mass is 478 g/mol. The Balaban J connectivity index is 0.000000152. The van der Waals surface area contributed by atoms with Crippen molar-refractivity contribution >= 4 is 11.0 Å². The summed E-state index contributed by atoms with van der Waals surface area (Å²) in [6, 6.07) is 22.2. The molecule has 36 heavy (non-hydrogen) atoms. The van der Waals surface area contributed by atoms with Crippen LogP contribution in [-0.2, 0) is 5.41 Å². The van der Waals surface area contributed by atoms with E-state index in [4.69, 9.17) is 13.9 Å². The summed E-state index contributed by atoms with van der Waals surface area (Å²) in [6.45, 7) is 11.1. The molecule has 0 bridgehead atoms. The first-order valence-corrected chi connectivity index (χ1v) is 12.1. The Bertz CT molecular complexity index is 1510. The molecule has 0 fully saturated rings. The van der Waals surface area contributed by atoms with Crippen LogP contribution in [-0.4, -0.2) is 16.8 Å². The fourth-order valence-electron chi connectivity index (χ4n) is 4.28. The van der Waals surface area contributed by atoms with Gasteiger partial charge in [0.1, 0.15) is 11.3 Å². The molecule has 0 atom stereocenters. The highest BCUT2D eigenvalue weighted by Gasteiger charge is 2.19. The van der Waals surface area contributed by atoms with Gasteiger partial charge in [-0.25, -0.2) is 0 Å². The number of hydrogen-bond acceptors (Lipinski definition) is 5. The second-order valence-electron chi connectivity index (χ2n) is 9.97. The number of benzene rings is 2. The lowest BCUT2D eigenvalue weighted by atomic mass is 9.86. The zero-order valence-corrected chi connectivity index (χ0v) is 21.3. The molecule has 0 N–H and O–H groups in total. The van der Waals surface area contributed by atoms with Gasteiger partial charge in [0.15, 0.2) is 17.3 Å². The molecule has 5 heteroatoms. The third-order valence-electron chi connectivity index (χ3n) is 6.36. The molecule has 2 aromatic carbocycles. The van der Waals surface area contributed by atoms with E-state index in [1.54, 1.807) is 6.20 Å². The van der Waals surface area contributed by atoms with Gasteiger partial charge < -0.3 is 13.9 Å². The van der Waals surface area contributed by atoms with Crippen molar-refractivity contribution in [3.05, 3.63) is 95.8 Å². The summed E-state index contributed by atoms with van der Waals surface area (Å²) in [5.74, 6) is 2.48. The summed E-state index contributed by atoms with van der Waals surface area (Å²) in [4.78, 5) is 8.82. The highest BCUT2D eigenvalue weighted by Crippen LogP contribution is 2.38. The Morgan fingerprint density at radius 3 is 2.19 bits per heavy atom. The lowest BCUT2D eigenvalue weighted by molar-refractivity contribution is 0.174. The average molecular weight is 479 g/mol. The van der Waals surface area contributed by atoms with E-state index in [0.29, 0.717) is 6.79 Å². The Labute approximate surface area is 211 Å². The number of furan rings is 1. The number of hydrogen-bond donors (Lipinski definition) is 0. The first kappa shape index (κ1) is 23.6. The van der Waals surface area contributed by atoms with Crippen molar-refractivity contribution in [3.8, 4) is 34.2 Å². The van der Waals surface area contributed by atoms with Crippen LogP contribution in [0.2, 0.25) is 0 Å². The molecule has 0 spiro atoms. The lowest BCUT2D eigenvalue weighted by Gasteiger charge is -2.19. The fraction of sp³-hybridized carbons (Fsp3) is 0.226. The molecule has 6 rings (SSSR count). The minimum absolute atomic E-state index is 0.113. The van der Waals surface area contributed by atoms with Gasteiger partial charge in [-0.15, -0.1) is 0 Å². The Morgan fingerprint density at radius 1 is 0.750 bits per heavy atom. The van der Waals surface area contributed by atoms with Gasteiger partial charge in [-0.05, 0) is 72.9 Å². The maximum Gasteiger partial charge on any atom is 0.231 e. The summed E-state index contributed by atoms with van der Waals surface area (Å²) < 4.78 is 16.7. The quantitative estimate of drug-likeness (QED) is 0.258. The van der Waals surface area contributed by atoms with Gasteiger partial charge in [-0.1, -0.05) is 45.0 Å². The van der Waals surface area contributed by atoms with E-state index < -0.39 is 0 Å². The summed E-state index contributed by atoms with van der Waals surface area (Å²) in [6.07, 6.45) is 3.65.